The Bertz CT molecular complexity index is 1230. The first-order valence-corrected chi connectivity index (χ1v) is 14.4. The van der Waals surface area contributed by atoms with Crippen molar-refractivity contribution < 1.29 is 58.9 Å². The van der Waals surface area contributed by atoms with Crippen molar-refractivity contribution in [2.75, 3.05) is 0 Å². The minimum atomic E-state index is -1.02. The van der Waals surface area contributed by atoms with E-state index in [1.807, 2.05) is 0 Å². The number of rotatable bonds is 7. The minimum Gasteiger partial charge on any atom is -1.00 e. The zero-order chi connectivity index (χ0) is 24.4. The van der Waals surface area contributed by atoms with Gasteiger partial charge in [-0.1, -0.05) is 149 Å². The summed E-state index contributed by atoms with van der Waals surface area (Å²) in [6, 6.07) is 31.0. The van der Waals surface area contributed by atoms with Gasteiger partial charge >= 0.3 is 21.7 Å². The van der Waals surface area contributed by atoms with Crippen LogP contribution < -0.4 is 47.6 Å². The molecule has 0 aliphatic heterocycles. The first kappa shape index (κ1) is 36.8. The van der Waals surface area contributed by atoms with Gasteiger partial charge in [0.1, 0.15) is 8.80 Å². The normalized spacial score (nSPS) is 10.5. The van der Waals surface area contributed by atoms with Crippen LogP contribution in [0, 0.1) is 20.8 Å². The van der Waals surface area contributed by atoms with E-state index in [0.29, 0.717) is 11.8 Å². The molecule has 0 spiro atoms. The molecule has 199 valence electrons. The molecule has 0 bridgehead atoms. The molecule has 0 N–H and O–H groups in total. The van der Waals surface area contributed by atoms with Gasteiger partial charge in [0.25, 0.3) is 0 Å². The summed E-state index contributed by atoms with van der Waals surface area (Å²) in [4.78, 5) is 0. The number of benzene rings is 3. The quantitative estimate of drug-likeness (QED) is 0.178. The van der Waals surface area contributed by atoms with Crippen LogP contribution >= 0.6 is 0 Å². The van der Waals surface area contributed by atoms with Crippen LogP contribution in [0.4, 0.5) is 0 Å². The van der Waals surface area contributed by atoms with E-state index in [2.05, 4.69) is 127 Å². The van der Waals surface area contributed by atoms with Crippen molar-refractivity contribution in [2.45, 2.75) is 66.3 Å². The maximum atomic E-state index is 2.49. The van der Waals surface area contributed by atoms with Crippen molar-refractivity contribution in [3.8, 4) is 11.1 Å². The third-order valence-corrected chi connectivity index (χ3v) is 10.2. The van der Waals surface area contributed by atoms with E-state index < -0.39 is 8.80 Å². The molecule has 0 aliphatic rings. The van der Waals surface area contributed by atoms with E-state index in [1.54, 1.807) is 5.56 Å². The van der Waals surface area contributed by atoms with Crippen LogP contribution in [0.5, 0.6) is 0 Å². The molecule has 0 fully saturated rings. The Morgan fingerprint density at radius 1 is 0.632 bits per heavy atom. The average molecular weight is 617 g/mol. The first-order chi connectivity index (χ1) is 16.3. The molecule has 0 heterocycles. The molecule has 0 saturated carbocycles. The van der Waals surface area contributed by atoms with E-state index in [9.17, 15) is 0 Å². The SMILES string of the molecule is Cc1c(C)c(-c2ccccc2)[c-](C[Si](c2cccc(C(C)C)c2)c2cccc(C(C)C)c2)c1C.[Cl-].[Cl-].[Cl-].[Ti+4]. The van der Waals surface area contributed by atoms with E-state index in [0.717, 1.165) is 6.04 Å². The maximum Gasteiger partial charge on any atom is 4.00 e. The Labute approximate surface area is 266 Å². The standard InChI is InChI=1S/C33H38Si.3ClH.Ti/c1-22(2)28-15-11-17-30(19-28)34(31-18-12-16-29(20-31)23(3)4)21-32-25(6)24(5)26(7)33(32)27-13-9-8-10-14-27;;;;/h8-20,22-23H,21H2,1-7H3;3*1H;/q-1;;;;+4/p-3. The first-order valence-electron chi connectivity index (χ1n) is 12.6. The molecule has 0 aromatic heterocycles. The molecule has 0 nitrogen and oxygen atoms in total. The number of hydrogen-bond acceptors (Lipinski definition) is 0. The summed E-state index contributed by atoms with van der Waals surface area (Å²) in [7, 11) is -1.02. The molecular weight excluding hydrogens is 579 g/mol. The molecule has 0 aliphatic carbocycles. The summed E-state index contributed by atoms with van der Waals surface area (Å²) in [5, 5.41) is 3.04. The van der Waals surface area contributed by atoms with Crippen LogP contribution in [0.3, 0.4) is 0 Å². The average Bonchev–Trinajstić information content (AvgIpc) is 3.06. The van der Waals surface area contributed by atoms with E-state index >= 15 is 0 Å². The molecule has 0 atom stereocenters. The molecule has 1 radical (unpaired) electrons. The Balaban J connectivity index is 0.00000342. The second-order valence-electron chi connectivity index (χ2n) is 10.3. The summed E-state index contributed by atoms with van der Waals surface area (Å²) in [5.74, 6) is 1.07. The zero-order valence-electron chi connectivity index (χ0n) is 23.5. The number of halogens is 3. The van der Waals surface area contributed by atoms with E-state index in [-0.39, 0.29) is 58.9 Å². The molecule has 0 unspecified atom stereocenters. The van der Waals surface area contributed by atoms with Gasteiger partial charge in [-0.2, -0.15) is 11.1 Å². The fraction of sp³-hybridized carbons (Fsp3) is 0.303. The number of hydrogen-bond donors (Lipinski definition) is 0. The topological polar surface area (TPSA) is 0 Å². The molecule has 0 amide bonds. The largest absolute Gasteiger partial charge is 4.00 e. The third kappa shape index (κ3) is 7.94. The van der Waals surface area contributed by atoms with Gasteiger partial charge in [0.05, 0.1) is 0 Å². The summed E-state index contributed by atoms with van der Waals surface area (Å²) in [6.45, 7) is 16.1. The van der Waals surface area contributed by atoms with Crippen LogP contribution in [0.25, 0.3) is 11.1 Å². The molecule has 38 heavy (non-hydrogen) atoms. The smallest absolute Gasteiger partial charge is 1.00 e. The van der Waals surface area contributed by atoms with Gasteiger partial charge in [0.2, 0.25) is 0 Å². The van der Waals surface area contributed by atoms with Crippen molar-refractivity contribution >= 4 is 19.2 Å². The maximum absolute atomic E-state index is 2.49. The summed E-state index contributed by atoms with van der Waals surface area (Å²) >= 11 is 0. The molecule has 4 aromatic carbocycles. The second kappa shape index (κ2) is 16.2. The van der Waals surface area contributed by atoms with Crippen molar-refractivity contribution in [3.63, 3.8) is 0 Å². The third-order valence-electron chi connectivity index (χ3n) is 7.47. The summed E-state index contributed by atoms with van der Waals surface area (Å²) in [5.41, 5.74) is 11.6. The van der Waals surface area contributed by atoms with Crippen molar-refractivity contribution in [2.24, 2.45) is 0 Å². The fourth-order valence-electron chi connectivity index (χ4n) is 5.04. The van der Waals surface area contributed by atoms with E-state index in [1.165, 1.54) is 49.3 Å². The van der Waals surface area contributed by atoms with Crippen molar-refractivity contribution in [1.29, 1.82) is 0 Å². The summed E-state index contributed by atoms with van der Waals surface area (Å²) in [6.07, 6.45) is 0. The molecular formula is C33H38Cl3SiTi. The van der Waals surface area contributed by atoms with Crippen LogP contribution in [0.2, 0.25) is 0 Å². The molecule has 4 aromatic rings. The van der Waals surface area contributed by atoms with Gasteiger partial charge in [-0.3, -0.25) is 0 Å². The zero-order valence-corrected chi connectivity index (χ0v) is 28.3. The van der Waals surface area contributed by atoms with Gasteiger partial charge in [0, 0.05) is 0 Å². The van der Waals surface area contributed by atoms with Gasteiger partial charge < -0.3 is 37.2 Å². The monoisotopic (exact) mass is 615 g/mol. The van der Waals surface area contributed by atoms with Crippen LogP contribution in [0.1, 0.15) is 72.9 Å². The Morgan fingerprint density at radius 2 is 1.11 bits per heavy atom. The van der Waals surface area contributed by atoms with Gasteiger partial charge in [-0.25, -0.2) is 0 Å². The molecule has 4 rings (SSSR count). The predicted molar refractivity (Wildman–Crippen MR) is 151 cm³/mol. The van der Waals surface area contributed by atoms with Gasteiger partial charge in [-0.15, -0.1) is 16.7 Å². The van der Waals surface area contributed by atoms with Gasteiger partial charge in [-0.05, 0) is 23.0 Å². The fourth-order valence-corrected chi connectivity index (χ4v) is 7.86. The Morgan fingerprint density at radius 3 is 1.55 bits per heavy atom. The van der Waals surface area contributed by atoms with Crippen LogP contribution in [-0.4, -0.2) is 8.80 Å². The van der Waals surface area contributed by atoms with E-state index in [4.69, 9.17) is 0 Å². The van der Waals surface area contributed by atoms with Crippen LogP contribution in [0.15, 0.2) is 78.9 Å². The Hall–Kier alpha value is -1.19. The van der Waals surface area contributed by atoms with Crippen LogP contribution in [-0.2, 0) is 27.8 Å². The van der Waals surface area contributed by atoms with Crippen molar-refractivity contribution in [1.82, 2.24) is 0 Å². The minimum absolute atomic E-state index is 0. The molecule has 0 saturated heterocycles. The molecule has 5 heteroatoms. The van der Waals surface area contributed by atoms with Gasteiger partial charge in [0.15, 0.2) is 0 Å². The summed E-state index contributed by atoms with van der Waals surface area (Å²) < 4.78 is 0. The second-order valence-corrected chi connectivity index (χ2v) is 12.8. The van der Waals surface area contributed by atoms with Crippen molar-refractivity contribution in [3.05, 3.63) is 112 Å². The Kier molecular flexibility index (Phi) is 15.7. The predicted octanol–water partition coefficient (Wildman–Crippen LogP) is -1.36.